The molecule has 25 heavy (non-hydrogen) atoms. The highest BCUT2D eigenvalue weighted by Crippen LogP contribution is 2.25. The second kappa shape index (κ2) is 9.44. The van der Waals surface area contributed by atoms with Crippen molar-refractivity contribution in [3.05, 3.63) is 23.8 Å². The van der Waals surface area contributed by atoms with Crippen LogP contribution < -0.4 is 10.2 Å². The van der Waals surface area contributed by atoms with E-state index >= 15 is 0 Å². The van der Waals surface area contributed by atoms with Crippen molar-refractivity contribution in [3.8, 4) is 0 Å². The molecule has 0 unspecified atom stereocenters. The van der Waals surface area contributed by atoms with Gasteiger partial charge in [-0.3, -0.25) is 9.59 Å². The Balaban J connectivity index is 3.14. The largest absolute Gasteiger partial charge is 0.377 e. The smallest absolute Gasteiger partial charge is 0.226 e. The van der Waals surface area contributed by atoms with Crippen LogP contribution in [0.5, 0.6) is 0 Å². The van der Waals surface area contributed by atoms with Gasteiger partial charge in [-0.05, 0) is 29.7 Å². The average Bonchev–Trinajstić information content (AvgIpc) is 2.52. The maximum atomic E-state index is 12.3. The first-order valence-electron chi connectivity index (χ1n) is 9.04. The van der Waals surface area contributed by atoms with Crippen molar-refractivity contribution in [2.24, 2.45) is 11.8 Å². The summed E-state index contributed by atoms with van der Waals surface area (Å²) in [7, 11) is 3.97. The van der Waals surface area contributed by atoms with E-state index in [-0.39, 0.29) is 17.7 Å². The summed E-state index contributed by atoms with van der Waals surface area (Å²) in [5.74, 6) is 0.473. The lowest BCUT2D eigenvalue weighted by Crippen LogP contribution is -2.33. The van der Waals surface area contributed by atoms with Crippen molar-refractivity contribution in [1.29, 1.82) is 0 Å². The Hall–Kier alpha value is -2.04. The second-order valence-electron chi connectivity index (χ2n) is 7.40. The summed E-state index contributed by atoms with van der Waals surface area (Å²) >= 11 is 0. The van der Waals surface area contributed by atoms with Gasteiger partial charge in [-0.25, -0.2) is 0 Å². The fraction of sp³-hybridized carbons (Fsp3) is 0.600. The number of carbonyl (C=O) groups is 2. The number of nitrogens with zero attached hydrogens (tertiary/aromatic N) is 2. The number of hydrogen-bond donors (Lipinski definition) is 1. The zero-order chi connectivity index (χ0) is 19.1. The van der Waals surface area contributed by atoms with E-state index in [0.717, 1.165) is 23.5 Å². The summed E-state index contributed by atoms with van der Waals surface area (Å²) in [6, 6.07) is 5.88. The van der Waals surface area contributed by atoms with Crippen molar-refractivity contribution in [2.45, 2.75) is 47.6 Å². The van der Waals surface area contributed by atoms with Crippen LogP contribution in [0.1, 0.15) is 46.6 Å². The first-order chi connectivity index (χ1) is 11.6. The van der Waals surface area contributed by atoms with E-state index in [1.807, 2.05) is 62.9 Å². The van der Waals surface area contributed by atoms with Gasteiger partial charge in [0.05, 0.1) is 0 Å². The van der Waals surface area contributed by atoms with Gasteiger partial charge in [-0.2, -0.15) is 0 Å². The molecular weight excluding hydrogens is 314 g/mol. The maximum Gasteiger partial charge on any atom is 0.226 e. The number of rotatable bonds is 8. The number of amides is 2. The van der Waals surface area contributed by atoms with Gasteiger partial charge in [0.1, 0.15) is 0 Å². The summed E-state index contributed by atoms with van der Waals surface area (Å²) < 4.78 is 0. The molecule has 140 valence electrons. The van der Waals surface area contributed by atoms with Gasteiger partial charge in [0, 0.05) is 50.9 Å². The van der Waals surface area contributed by atoms with Crippen LogP contribution in [0.4, 0.5) is 11.4 Å². The molecule has 0 aromatic heterocycles. The molecule has 0 aliphatic carbocycles. The highest BCUT2D eigenvalue weighted by Gasteiger charge is 2.17. The molecule has 0 saturated heterocycles. The van der Waals surface area contributed by atoms with Crippen molar-refractivity contribution in [2.75, 3.05) is 30.9 Å². The van der Waals surface area contributed by atoms with Crippen molar-refractivity contribution in [1.82, 2.24) is 4.90 Å². The molecule has 1 aromatic carbocycles. The van der Waals surface area contributed by atoms with Crippen LogP contribution in [-0.2, 0) is 16.1 Å². The Morgan fingerprint density at radius 3 is 2.24 bits per heavy atom. The molecule has 5 heteroatoms. The summed E-state index contributed by atoms with van der Waals surface area (Å²) in [5.41, 5.74) is 2.86. The normalized spacial score (nSPS) is 10.9. The van der Waals surface area contributed by atoms with Crippen LogP contribution in [0, 0.1) is 11.8 Å². The number of anilines is 2. The van der Waals surface area contributed by atoms with E-state index in [1.54, 1.807) is 0 Å². The number of hydrogen-bond acceptors (Lipinski definition) is 3. The van der Waals surface area contributed by atoms with Gasteiger partial charge in [0.2, 0.25) is 11.8 Å². The Morgan fingerprint density at radius 2 is 1.76 bits per heavy atom. The van der Waals surface area contributed by atoms with Gasteiger partial charge < -0.3 is 15.1 Å². The van der Waals surface area contributed by atoms with E-state index in [1.165, 1.54) is 0 Å². The molecule has 0 fully saturated rings. The van der Waals surface area contributed by atoms with Crippen molar-refractivity contribution >= 4 is 23.2 Å². The van der Waals surface area contributed by atoms with Gasteiger partial charge in [-0.1, -0.05) is 34.6 Å². The predicted molar refractivity (Wildman–Crippen MR) is 105 cm³/mol. The van der Waals surface area contributed by atoms with Crippen LogP contribution in [-0.4, -0.2) is 37.4 Å². The molecule has 0 aliphatic rings. The molecule has 0 spiro atoms. The van der Waals surface area contributed by atoms with Crippen LogP contribution in [0.3, 0.4) is 0 Å². The fourth-order valence-electron chi connectivity index (χ4n) is 2.64. The monoisotopic (exact) mass is 347 g/mol. The van der Waals surface area contributed by atoms with Gasteiger partial charge in [-0.15, -0.1) is 0 Å². The Kier molecular flexibility index (Phi) is 7.94. The molecule has 0 aliphatic heterocycles. The predicted octanol–water partition coefficient (Wildman–Crippen LogP) is 3.74. The van der Waals surface area contributed by atoms with Crippen LogP contribution in [0.2, 0.25) is 0 Å². The van der Waals surface area contributed by atoms with Crippen LogP contribution in [0.15, 0.2) is 18.2 Å². The highest BCUT2D eigenvalue weighted by molar-refractivity contribution is 5.92. The standard InChI is InChI=1S/C20H33N3O2/c1-8-19(24)23(12-14(2)3)13-16-11-17(21-20(25)15(4)5)9-10-18(16)22(6)7/h9-11,14-15H,8,12-13H2,1-7H3,(H,21,25). The molecule has 1 rings (SSSR count). The molecule has 1 N–H and O–H groups in total. The van der Waals surface area contributed by atoms with Gasteiger partial charge in [0.15, 0.2) is 0 Å². The fourth-order valence-corrected chi connectivity index (χ4v) is 2.64. The van der Waals surface area contributed by atoms with Crippen LogP contribution >= 0.6 is 0 Å². The Morgan fingerprint density at radius 1 is 1.12 bits per heavy atom. The lowest BCUT2D eigenvalue weighted by Gasteiger charge is -2.27. The minimum Gasteiger partial charge on any atom is -0.377 e. The summed E-state index contributed by atoms with van der Waals surface area (Å²) in [6.45, 7) is 11.1. The summed E-state index contributed by atoms with van der Waals surface area (Å²) in [4.78, 5) is 28.2. The topological polar surface area (TPSA) is 52.7 Å². The van der Waals surface area contributed by atoms with E-state index in [4.69, 9.17) is 0 Å². The molecule has 0 heterocycles. The average molecular weight is 348 g/mol. The molecule has 2 amide bonds. The first kappa shape index (κ1) is 21.0. The third kappa shape index (κ3) is 6.40. The number of nitrogens with one attached hydrogen (secondary N) is 1. The molecule has 5 nitrogen and oxygen atoms in total. The van der Waals surface area contributed by atoms with Gasteiger partial charge in [0.25, 0.3) is 0 Å². The number of carbonyl (C=O) groups excluding carboxylic acids is 2. The quantitative estimate of drug-likeness (QED) is 0.779. The molecule has 0 atom stereocenters. The molecular formula is C20H33N3O2. The molecule has 1 aromatic rings. The maximum absolute atomic E-state index is 12.3. The summed E-state index contributed by atoms with van der Waals surface area (Å²) in [5, 5.41) is 2.94. The minimum atomic E-state index is -0.0731. The number of benzene rings is 1. The Bertz CT molecular complexity index is 595. The van der Waals surface area contributed by atoms with Gasteiger partial charge >= 0.3 is 0 Å². The van der Waals surface area contributed by atoms with E-state index in [9.17, 15) is 9.59 Å². The SMILES string of the molecule is CCC(=O)N(Cc1cc(NC(=O)C(C)C)ccc1N(C)C)CC(C)C. The zero-order valence-corrected chi connectivity index (χ0v) is 16.7. The van der Waals surface area contributed by atoms with E-state index in [0.29, 0.717) is 18.9 Å². The third-order valence-electron chi connectivity index (χ3n) is 3.96. The first-order valence-corrected chi connectivity index (χ1v) is 9.04. The van der Waals surface area contributed by atoms with Crippen LogP contribution in [0.25, 0.3) is 0 Å². The molecule has 0 radical (unpaired) electrons. The van der Waals surface area contributed by atoms with E-state index in [2.05, 4.69) is 19.2 Å². The lowest BCUT2D eigenvalue weighted by atomic mass is 10.1. The lowest BCUT2D eigenvalue weighted by molar-refractivity contribution is -0.132. The van der Waals surface area contributed by atoms with Crippen molar-refractivity contribution < 1.29 is 9.59 Å². The van der Waals surface area contributed by atoms with E-state index < -0.39 is 0 Å². The highest BCUT2D eigenvalue weighted by atomic mass is 16.2. The third-order valence-corrected chi connectivity index (χ3v) is 3.96. The van der Waals surface area contributed by atoms with Crippen molar-refractivity contribution in [3.63, 3.8) is 0 Å². The molecule has 0 bridgehead atoms. The minimum absolute atomic E-state index is 0.00720. The molecule has 0 saturated carbocycles. The Labute approximate surface area is 152 Å². The summed E-state index contributed by atoms with van der Waals surface area (Å²) in [6.07, 6.45) is 0.494. The second-order valence-corrected chi connectivity index (χ2v) is 7.40. The zero-order valence-electron chi connectivity index (χ0n) is 16.7.